The molecule has 1 aliphatic heterocycles. The second-order valence-electron chi connectivity index (χ2n) is 9.02. The van der Waals surface area contributed by atoms with E-state index in [0.29, 0.717) is 41.7 Å². The first-order valence-electron chi connectivity index (χ1n) is 12.0. The van der Waals surface area contributed by atoms with Crippen molar-refractivity contribution in [3.8, 4) is 28.8 Å². The van der Waals surface area contributed by atoms with E-state index < -0.39 is 15.3 Å². The molecule has 200 valence electrons. The van der Waals surface area contributed by atoms with Gasteiger partial charge in [0.05, 0.1) is 19.5 Å². The Bertz CT molecular complexity index is 1510. The van der Waals surface area contributed by atoms with Crippen LogP contribution in [0.15, 0.2) is 59.0 Å². The smallest absolute Gasteiger partial charge is 0.243 e. The molecule has 10 nitrogen and oxygen atoms in total. The number of ether oxygens (including phenoxy) is 2. The highest BCUT2D eigenvalue weighted by Crippen LogP contribution is 2.38. The Morgan fingerprint density at radius 1 is 1.03 bits per heavy atom. The number of nitrogens with zero attached hydrogens (tertiary/aromatic N) is 3. The van der Waals surface area contributed by atoms with E-state index in [1.54, 1.807) is 49.4 Å². The van der Waals surface area contributed by atoms with Crippen molar-refractivity contribution in [2.45, 2.75) is 24.5 Å². The number of hydrogen-bond acceptors (Lipinski definition) is 8. The summed E-state index contributed by atoms with van der Waals surface area (Å²) in [6.45, 7) is 2.64. The van der Waals surface area contributed by atoms with Crippen LogP contribution in [0, 0.1) is 12.7 Å². The zero-order valence-electron chi connectivity index (χ0n) is 21.1. The topological polar surface area (TPSA) is 121 Å². The van der Waals surface area contributed by atoms with Crippen molar-refractivity contribution in [2.75, 3.05) is 32.0 Å². The molecule has 0 amide bonds. The first-order chi connectivity index (χ1) is 18.3. The van der Waals surface area contributed by atoms with Crippen molar-refractivity contribution in [3.05, 3.63) is 71.7 Å². The molecule has 3 heterocycles. The summed E-state index contributed by atoms with van der Waals surface area (Å²) in [4.78, 5) is 0. The average Bonchev–Trinajstić information content (AvgIpc) is 3.54. The predicted molar refractivity (Wildman–Crippen MR) is 140 cm³/mol. The summed E-state index contributed by atoms with van der Waals surface area (Å²) in [5, 5.41) is 10.9. The molecule has 1 saturated heterocycles. The van der Waals surface area contributed by atoms with E-state index in [9.17, 15) is 12.8 Å². The second kappa shape index (κ2) is 10.5. The fourth-order valence-electron chi connectivity index (χ4n) is 4.67. The number of para-hydroxylation sites is 1. The highest BCUT2D eigenvalue weighted by Gasteiger charge is 2.35. The molecule has 38 heavy (non-hydrogen) atoms. The molecule has 1 aliphatic rings. The maximum Gasteiger partial charge on any atom is 0.243 e. The molecule has 0 radical (unpaired) electrons. The molecular formula is C26H28FN5O5S. The van der Waals surface area contributed by atoms with Crippen molar-refractivity contribution in [2.24, 2.45) is 0 Å². The largest absolute Gasteiger partial charge is 0.494 e. The number of hydrogen-bond donors (Lipinski definition) is 2. The monoisotopic (exact) mass is 541 g/mol. The number of benzene rings is 2. The van der Waals surface area contributed by atoms with E-state index in [1.165, 1.54) is 30.9 Å². The zero-order chi connectivity index (χ0) is 26.9. The van der Waals surface area contributed by atoms with Gasteiger partial charge in [0, 0.05) is 13.1 Å². The Hall–Kier alpha value is -3.90. The van der Waals surface area contributed by atoms with E-state index >= 15 is 0 Å². The van der Waals surface area contributed by atoms with Gasteiger partial charge in [0.15, 0.2) is 5.76 Å². The van der Waals surface area contributed by atoms with Crippen molar-refractivity contribution < 1.29 is 26.7 Å². The fourth-order valence-corrected chi connectivity index (χ4v) is 6.04. The average molecular weight is 542 g/mol. The Balaban J connectivity index is 1.54. The quantitative estimate of drug-likeness (QED) is 0.345. The molecule has 0 bridgehead atoms. The van der Waals surface area contributed by atoms with Crippen LogP contribution in [0.25, 0.3) is 17.3 Å². The van der Waals surface area contributed by atoms with Crippen LogP contribution in [0.3, 0.4) is 0 Å². The van der Waals surface area contributed by atoms with Crippen molar-refractivity contribution >= 4 is 16.0 Å². The van der Waals surface area contributed by atoms with Gasteiger partial charge in [-0.3, -0.25) is 9.29 Å². The summed E-state index contributed by atoms with van der Waals surface area (Å²) in [5.41, 5.74) is 1.28. The van der Waals surface area contributed by atoms with Crippen molar-refractivity contribution in [1.29, 1.82) is 0 Å². The van der Waals surface area contributed by atoms with Gasteiger partial charge in [0.1, 0.15) is 28.8 Å². The lowest BCUT2D eigenvalue weighted by molar-refractivity contribution is 0.391. The summed E-state index contributed by atoms with van der Waals surface area (Å²) < 4.78 is 61.8. The molecule has 2 N–H and O–H groups in total. The predicted octanol–water partition coefficient (Wildman–Crippen LogP) is 3.88. The summed E-state index contributed by atoms with van der Waals surface area (Å²) in [5.74, 6) is 1.68. The van der Waals surface area contributed by atoms with E-state index in [1.807, 2.05) is 0 Å². The van der Waals surface area contributed by atoms with Crippen LogP contribution in [-0.4, -0.2) is 55.7 Å². The molecule has 2 atom stereocenters. The molecule has 2 aromatic heterocycles. The number of rotatable bonds is 8. The summed E-state index contributed by atoms with van der Waals surface area (Å²) in [6.07, 6.45) is 0.352. The van der Waals surface area contributed by atoms with Gasteiger partial charge in [0.25, 0.3) is 0 Å². The lowest BCUT2D eigenvalue weighted by Gasteiger charge is -2.30. The van der Waals surface area contributed by atoms with E-state index in [2.05, 4.69) is 20.2 Å². The number of aryl methyl sites for hydroxylation is 1. The second-order valence-corrected chi connectivity index (χ2v) is 11.0. The van der Waals surface area contributed by atoms with E-state index in [4.69, 9.17) is 13.9 Å². The third-order valence-corrected chi connectivity index (χ3v) is 8.28. The molecule has 0 aliphatic carbocycles. The van der Waals surface area contributed by atoms with Gasteiger partial charge in [-0.15, -0.1) is 10.2 Å². The van der Waals surface area contributed by atoms with Crippen molar-refractivity contribution in [3.63, 3.8) is 0 Å². The molecule has 1 fully saturated rings. The number of furan rings is 1. The minimum absolute atomic E-state index is 0.0410. The standard InChI is InChI=1S/C26H28FN5O5S/c1-16-7-12-23(37-16)25-29-30-26(32(25)24-21(35-2)5-4-6-22(24)36-3)31-38(33,34)20-13-18(14-28-15-20)17-8-10-19(27)11-9-17/h4-12,18,20,28H,13-15H2,1-3H3,(H,30,31)/t18-,20+/m1/s1. The number of methoxy groups -OCH3 is 2. The highest BCUT2D eigenvalue weighted by atomic mass is 32.2. The van der Waals surface area contributed by atoms with Crippen LogP contribution in [-0.2, 0) is 10.0 Å². The number of halogens is 1. The minimum Gasteiger partial charge on any atom is -0.494 e. The van der Waals surface area contributed by atoms with Crippen LogP contribution in [0.2, 0.25) is 0 Å². The Morgan fingerprint density at radius 2 is 1.74 bits per heavy atom. The Labute approximate surface area is 219 Å². The van der Waals surface area contributed by atoms with Gasteiger partial charge < -0.3 is 19.2 Å². The number of aromatic nitrogens is 3. The summed E-state index contributed by atoms with van der Waals surface area (Å²) in [6, 6.07) is 14.9. The van der Waals surface area contributed by atoms with Gasteiger partial charge in [-0.05, 0) is 61.2 Å². The lowest BCUT2D eigenvalue weighted by atomic mass is 9.91. The van der Waals surface area contributed by atoms with Gasteiger partial charge in [-0.2, -0.15) is 0 Å². The van der Waals surface area contributed by atoms with Gasteiger partial charge >= 0.3 is 0 Å². The van der Waals surface area contributed by atoms with Gasteiger partial charge in [-0.1, -0.05) is 18.2 Å². The SMILES string of the molecule is COc1cccc(OC)c1-n1c(NS(=O)(=O)[C@@H]2CNC[C@H](c3ccc(F)cc3)C2)nnc1-c1ccc(C)o1. The number of nitrogens with one attached hydrogen (secondary N) is 2. The molecule has 12 heteroatoms. The summed E-state index contributed by atoms with van der Waals surface area (Å²) >= 11 is 0. The molecular weight excluding hydrogens is 513 g/mol. The molecule has 0 spiro atoms. The molecule has 4 aromatic rings. The third-order valence-electron chi connectivity index (χ3n) is 6.57. The number of sulfonamides is 1. The molecule has 0 saturated carbocycles. The first-order valence-corrected chi connectivity index (χ1v) is 13.6. The number of anilines is 1. The van der Waals surface area contributed by atoms with Crippen molar-refractivity contribution in [1.82, 2.24) is 20.1 Å². The highest BCUT2D eigenvalue weighted by molar-refractivity contribution is 7.93. The van der Waals surface area contributed by atoms with E-state index in [0.717, 1.165) is 5.56 Å². The molecule has 5 rings (SSSR count). The maximum absolute atomic E-state index is 13.7. The minimum atomic E-state index is -3.94. The first kappa shape index (κ1) is 25.7. The lowest BCUT2D eigenvalue weighted by Crippen LogP contribution is -2.44. The molecule has 0 unspecified atom stereocenters. The zero-order valence-corrected chi connectivity index (χ0v) is 22.0. The number of piperidine rings is 1. The van der Waals surface area contributed by atoms with Gasteiger partial charge in [-0.25, -0.2) is 12.8 Å². The fraction of sp³-hybridized carbons (Fsp3) is 0.308. The maximum atomic E-state index is 13.7. The van der Waals surface area contributed by atoms with Crippen LogP contribution in [0.4, 0.5) is 10.3 Å². The van der Waals surface area contributed by atoms with E-state index in [-0.39, 0.29) is 30.1 Å². The summed E-state index contributed by atoms with van der Waals surface area (Å²) in [7, 11) is -0.928. The Kier molecular flexibility index (Phi) is 7.09. The van der Waals surface area contributed by atoms with Gasteiger partial charge in [0.2, 0.25) is 21.8 Å². The van der Waals surface area contributed by atoms with Crippen LogP contribution < -0.4 is 19.5 Å². The van der Waals surface area contributed by atoms with Crippen LogP contribution in [0.1, 0.15) is 23.7 Å². The third kappa shape index (κ3) is 4.96. The molecule has 2 aromatic carbocycles. The Morgan fingerprint density at radius 3 is 2.37 bits per heavy atom. The normalized spacial score (nSPS) is 17.8. The van der Waals surface area contributed by atoms with Crippen LogP contribution in [0.5, 0.6) is 11.5 Å². The van der Waals surface area contributed by atoms with Crippen LogP contribution >= 0.6 is 0 Å².